The summed E-state index contributed by atoms with van der Waals surface area (Å²) >= 11 is 0. The second kappa shape index (κ2) is 8.32. The molecule has 0 spiro atoms. The van der Waals surface area contributed by atoms with Crippen molar-refractivity contribution in [2.75, 3.05) is 0 Å². The van der Waals surface area contributed by atoms with Crippen molar-refractivity contribution in [1.29, 1.82) is 5.26 Å². The predicted octanol–water partition coefficient (Wildman–Crippen LogP) is 6.66. The lowest BCUT2D eigenvalue weighted by Gasteiger charge is -2.71. The fourth-order valence-electron chi connectivity index (χ4n) is 11.0. The number of hydrogen-bond donors (Lipinski definition) is 3. The molecule has 5 aliphatic rings. The summed E-state index contributed by atoms with van der Waals surface area (Å²) in [7, 11) is 0. The Kier molecular flexibility index (Phi) is 5.80. The van der Waals surface area contributed by atoms with E-state index in [0.29, 0.717) is 23.8 Å². The minimum absolute atomic E-state index is 0.0243. The van der Waals surface area contributed by atoms with E-state index in [1.165, 1.54) is 0 Å². The highest BCUT2D eigenvalue weighted by Crippen LogP contribution is 2.76. The fraction of sp³-hybridized carbons (Fsp3) is 0.758. The molecular formula is C33H46N4O4. The molecule has 8 heteroatoms. The SMILES string of the molecule is Cc1nnc([C@]23CCC(C)(C)C[C@H]2[C@H]2C(=O)C=C4[C@@](C)(CC[C@@]5(NO)C(C)(C)C(O)=C(C#N)C[C@]45C)[C@]2(C)CC3)o1. The highest BCUT2D eigenvalue weighted by atomic mass is 16.5. The largest absolute Gasteiger partial charge is 0.511 e. The number of allylic oxidation sites excluding steroid dienone is 2. The van der Waals surface area contributed by atoms with Gasteiger partial charge in [-0.3, -0.25) is 4.79 Å². The number of nitriles is 1. The van der Waals surface area contributed by atoms with E-state index in [-0.39, 0.29) is 51.5 Å². The quantitative estimate of drug-likeness (QED) is 0.341. The summed E-state index contributed by atoms with van der Waals surface area (Å²) in [5, 5.41) is 40.9. The first-order valence-electron chi connectivity index (χ1n) is 15.3. The highest BCUT2D eigenvalue weighted by Gasteiger charge is 2.74. The molecule has 3 fully saturated rings. The Morgan fingerprint density at radius 3 is 2.29 bits per heavy atom. The van der Waals surface area contributed by atoms with Crippen molar-refractivity contribution in [3.05, 3.63) is 34.8 Å². The minimum atomic E-state index is -0.939. The Hall–Kier alpha value is -2.50. The van der Waals surface area contributed by atoms with E-state index in [9.17, 15) is 20.4 Å². The van der Waals surface area contributed by atoms with E-state index in [1.807, 2.05) is 26.8 Å². The molecule has 0 aliphatic heterocycles. The first-order chi connectivity index (χ1) is 19.0. The van der Waals surface area contributed by atoms with Crippen LogP contribution in [0.1, 0.15) is 112 Å². The molecule has 3 N–H and O–H groups in total. The summed E-state index contributed by atoms with van der Waals surface area (Å²) in [5.74, 6) is 1.28. The summed E-state index contributed by atoms with van der Waals surface area (Å²) < 4.78 is 6.16. The number of hydroxylamine groups is 1. The standard InChI is InChI=1S/C33H46N4O4/c1-19-35-36-26(41-19)32-12-9-27(2,3)17-21(32)24-22(38)15-23-29(6,30(24,7)10-13-32)11-14-33(37-40)28(4,5)25(39)20(18-34)16-31(23,33)8/h15,21,24,37,39-40H,9-14,16-17H2,1-8H3/t21-,24-,29+,30+,31+,32-,33+/m0/s1. The number of fused-ring (bicyclic) bond motifs is 7. The summed E-state index contributed by atoms with van der Waals surface area (Å²) in [6.07, 6.45) is 8.14. The van der Waals surface area contributed by atoms with E-state index >= 15 is 0 Å². The molecule has 0 radical (unpaired) electrons. The van der Waals surface area contributed by atoms with Gasteiger partial charge in [0.15, 0.2) is 5.78 Å². The lowest BCUT2D eigenvalue weighted by atomic mass is 9.32. The molecule has 7 atom stereocenters. The zero-order valence-electron chi connectivity index (χ0n) is 25.9. The first-order valence-corrected chi connectivity index (χ1v) is 15.3. The Bertz CT molecular complexity index is 1430. The van der Waals surface area contributed by atoms with E-state index < -0.39 is 16.4 Å². The number of aliphatic hydroxyl groups excluding tert-OH is 1. The van der Waals surface area contributed by atoms with Crippen molar-refractivity contribution in [3.63, 3.8) is 0 Å². The number of aromatic nitrogens is 2. The maximum atomic E-state index is 14.7. The zero-order chi connectivity index (χ0) is 30.0. The van der Waals surface area contributed by atoms with Crippen LogP contribution in [-0.2, 0) is 10.2 Å². The summed E-state index contributed by atoms with van der Waals surface area (Å²) in [4.78, 5) is 14.7. The van der Waals surface area contributed by atoms with Crippen LogP contribution in [0.25, 0.3) is 0 Å². The lowest BCUT2D eigenvalue weighted by Crippen LogP contribution is -2.74. The molecule has 0 aromatic carbocycles. The maximum absolute atomic E-state index is 14.7. The van der Waals surface area contributed by atoms with Gasteiger partial charge in [0, 0.05) is 23.7 Å². The van der Waals surface area contributed by atoms with Gasteiger partial charge in [0.05, 0.1) is 22.6 Å². The van der Waals surface area contributed by atoms with Crippen molar-refractivity contribution in [1.82, 2.24) is 15.7 Å². The van der Waals surface area contributed by atoms with E-state index in [4.69, 9.17) is 4.42 Å². The van der Waals surface area contributed by atoms with Crippen LogP contribution in [0, 0.1) is 57.2 Å². The number of carbonyl (C=O) groups excluding carboxylic acids is 1. The van der Waals surface area contributed by atoms with Gasteiger partial charge in [0.25, 0.3) is 0 Å². The van der Waals surface area contributed by atoms with Crippen molar-refractivity contribution in [2.45, 2.75) is 118 Å². The van der Waals surface area contributed by atoms with E-state index in [0.717, 1.165) is 44.1 Å². The number of aliphatic hydroxyl groups is 1. The van der Waals surface area contributed by atoms with Crippen molar-refractivity contribution in [3.8, 4) is 6.07 Å². The second-order valence-corrected chi connectivity index (χ2v) is 16.0. The Labute approximate surface area is 243 Å². The normalized spacial score (nSPS) is 44.6. The molecule has 6 rings (SSSR count). The van der Waals surface area contributed by atoms with Crippen LogP contribution >= 0.6 is 0 Å². The molecule has 1 heterocycles. The second-order valence-electron chi connectivity index (χ2n) is 16.0. The van der Waals surface area contributed by atoms with Gasteiger partial charge < -0.3 is 14.7 Å². The topological polar surface area (TPSA) is 132 Å². The number of aryl methyl sites for hydroxylation is 1. The number of carbonyl (C=O) groups is 1. The number of rotatable bonds is 2. The maximum Gasteiger partial charge on any atom is 0.222 e. The number of ketones is 1. The van der Waals surface area contributed by atoms with Crippen LogP contribution in [-0.4, -0.2) is 31.8 Å². The smallest absolute Gasteiger partial charge is 0.222 e. The average molecular weight is 563 g/mol. The van der Waals surface area contributed by atoms with Gasteiger partial charge in [-0.15, -0.1) is 10.2 Å². The molecule has 0 unspecified atom stereocenters. The van der Waals surface area contributed by atoms with E-state index in [1.54, 1.807) is 0 Å². The number of hydrogen-bond acceptors (Lipinski definition) is 8. The summed E-state index contributed by atoms with van der Waals surface area (Å²) in [5.41, 5.74) is 0.488. The number of nitrogens with one attached hydrogen (secondary N) is 1. The zero-order valence-corrected chi connectivity index (χ0v) is 25.9. The highest BCUT2D eigenvalue weighted by molar-refractivity contribution is 5.95. The van der Waals surface area contributed by atoms with Crippen molar-refractivity contribution >= 4 is 5.78 Å². The van der Waals surface area contributed by atoms with E-state index in [2.05, 4.69) is 56.4 Å². The third kappa shape index (κ3) is 3.20. The van der Waals surface area contributed by atoms with Crippen LogP contribution in [0.3, 0.4) is 0 Å². The minimum Gasteiger partial charge on any atom is -0.511 e. The molecule has 222 valence electrons. The van der Waals surface area contributed by atoms with Crippen LogP contribution < -0.4 is 5.48 Å². The molecule has 0 saturated heterocycles. The third-order valence-electron chi connectivity index (χ3n) is 13.6. The Morgan fingerprint density at radius 1 is 1.00 bits per heavy atom. The lowest BCUT2D eigenvalue weighted by molar-refractivity contribution is -0.177. The first kappa shape index (κ1) is 28.6. The molecule has 3 saturated carbocycles. The molecule has 5 aliphatic carbocycles. The molecule has 0 amide bonds. The van der Waals surface area contributed by atoms with Gasteiger partial charge in [0.1, 0.15) is 5.76 Å². The molecule has 0 bridgehead atoms. The molecule has 1 aromatic heterocycles. The van der Waals surface area contributed by atoms with Gasteiger partial charge in [-0.05, 0) is 79.6 Å². The Balaban J connectivity index is 1.55. The third-order valence-corrected chi connectivity index (χ3v) is 13.6. The molecular weight excluding hydrogens is 516 g/mol. The van der Waals surface area contributed by atoms with Gasteiger partial charge in [0.2, 0.25) is 11.8 Å². The Morgan fingerprint density at radius 2 is 1.68 bits per heavy atom. The van der Waals surface area contributed by atoms with Crippen LogP contribution in [0.5, 0.6) is 0 Å². The molecule has 41 heavy (non-hydrogen) atoms. The van der Waals surface area contributed by atoms with Crippen molar-refractivity contribution < 1.29 is 19.5 Å². The van der Waals surface area contributed by atoms with Crippen LogP contribution in [0.4, 0.5) is 0 Å². The molecule has 1 aromatic rings. The van der Waals surface area contributed by atoms with Crippen LogP contribution in [0.15, 0.2) is 27.4 Å². The fourth-order valence-corrected chi connectivity index (χ4v) is 11.0. The van der Waals surface area contributed by atoms with Crippen molar-refractivity contribution in [2.24, 2.45) is 38.9 Å². The number of nitrogens with zero attached hydrogens (tertiary/aromatic N) is 3. The van der Waals surface area contributed by atoms with Crippen LogP contribution in [0.2, 0.25) is 0 Å². The molecule has 8 nitrogen and oxygen atoms in total. The van der Waals surface area contributed by atoms with Gasteiger partial charge in [-0.1, -0.05) is 54.0 Å². The average Bonchev–Trinajstić information content (AvgIpc) is 3.34. The van der Waals surface area contributed by atoms with Gasteiger partial charge in [-0.25, -0.2) is 0 Å². The van der Waals surface area contributed by atoms with Gasteiger partial charge in [-0.2, -0.15) is 10.7 Å². The monoisotopic (exact) mass is 562 g/mol. The summed E-state index contributed by atoms with van der Waals surface area (Å²) in [6, 6.07) is 2.25. The van der Waals surface area contributed by atoms with Gasteiger partial charge >= 0.3 is 0 Å². The predicted molar refractivity (Wildman–Crippen MR) is 153 cm³/mol. The summed E-state index contributed by atoms with van der Waals surface area (Å²) in [6.45, 7) is 17.0.